The van der Waals surface area contributed by atoms with E-state index in [1.165, 1.54) is 11.1 Å². The van der Waals surface area contributed by atoms with Gasteiger partial charge >= 0.3 is 0 Å². The second-order valence-corrected chi connectivity index (χ2v) is 5.57. The molecule has 0 aliphatic carbocycles. The van der Waals surface area contributed by atoms with Crippen molar-refractivity contribution in [3.05, 3.63) is 76.8 Å². The third-order valence-corrected chi connectivity index (χ3v) is 3.40. The van der Waals surface area contributed by atoms with E-state index in [2.05, 4.69) is 49.5 Å². The molecule has 0 spiro atoms. The standard InChI is InChI=1S/C18H20ClN/c1-14(2)8-13-18(15-9-11-16(19)12-10-15)20-17-6-4-3-5-7-17/h3-12,18,20H,13H2,1-2H3. The summed E-state index contributed by atoms with van der Waals surface area (Å²) < 4.78 is 0. The molecule has 0 amide bonds. The van der Waals surface area contributed by atoms with Crippen molar-refractivity contribution in [1.82, 2.24) is 0 Å². The summed E-state index contributed by atoms with van der Waals surface area (Å²) in [4.78, 5) is 0. The second kappa shape index (κ2) is 7.16. The van der Waals surface area contributed by atoms with Crippen molar-refractivity contribution in [1.29, 1.82) is 0 Å². The van der Waals surface area contributed by atoms with Crippen LogP contribution in [0.1, 0.15) is 31.9 Å². The lowest BCUT2D eigenvalue weighted by atomic mass is 10.0. The number of hydrogen-bond acceptors (Lipinski definition) is 1. The lowest BCUT2D eigenvalue weighted by molar-refractivity contribution is 0.793. The van der Waals surface area contributed by atoms with Gasteiger partial charge in [-0.15, -0.1) is 0 Å². The van der Waals surface area contributed by atoms with E-state index in [1.54, 1.807) is 0 Å². The van der Waals surface area contributed by atoms with Gasteiger partial charge in [-0.05, 0) is 50.1 Å². The third kappa shape index (κ3) is 4.43. The summed E-state index contributed by atoms with van der Waals surface area (Å²) in [5.74, 6) is 0. The minimum Gasteiger partial charge on any atom is -0.378 e. The highest BCUT2D eigenvalue weighted by atomic mass is 35.5. The van der Waals surface area contributed by atoms with Crippen molar-refractivity contribution in [2.45, 2.75) is 26.3 Å². The van der Waals surface area contributed by atoms with Crippen LogP contribution in [0.2, 0.25) is 5.02 Å². The monoisotopic (exact) mass is 285 g/mol. The fraction of sp³-hybridized carbons (Fsp3) is 0.222. The van der Waals surface area contributed by atoms with E-state index in [4.69, 9.17) is 11.6 Å². The summed E-state index contributed by atoms with van der Waals surface area (Å²) in [5.41, 5.74) is 3.71. The summed E-state index contributed by atoms with van der Waals surface area (Å²) in [6.45, 7) is 4.25. The number of para-hydroxylation sites is 1. The quantitative estimate of drug-likeness (QED) is 0.680. The van der Waals surface area contributed by atoms with Crippen LogP contribution in [0.3, 0.4) is 0 Å². The first-order valence-electron chi connectivity index (χ1n) is 6.85. The summed E-state index contributed by atoms with van der Waals surface area (Å²) in [5, 5.41) is 4.36. The van der Waals surface area contributed by atoms with Crippen molar-refractivity contribution in [3.63, 3.8) is 0 Å². The number of allylic oxidation sites excluding steroid dienone is 1. The van der Waals surface area contributed by atoms with Gasteiger partial charge in [0.25, 0.3) is 0 Å². The smallest absolute Gasteiger partial charge is 0.0548 e. The molecule has 0 radical (unpaired) electrons. The number of benzene rings is 2. The van der Waals surface area contributed by atoms with E-state index in [-0.39, 0.29) is 6.04 Å². The molecule has 2 rings (SSSR count). The average molecular weight is 286 g/mol. The highest BCUT2D eigenvalue weighted by molar-refractivity contribution is 6.30. The van der Waals surface area contributed by atoms with Crippen molar-refractivity contribution in [3.8, 4) is 0 Å². The van der Waals surface area contributed by atoms with Gasteiger partial charge in [-0.1, -0.05) is 53.6 Å². The Bertz CT molecular complexity index is 554. The largest absolute Gasteiger partial charge is 0.378 e. The zero-order valence-corrected chi connectivity index (χ0v) is 12.7. The molecule has 2 aromatic carbocycles. The minimum atomic E-state index is 0.254. The Morgan fingerprint density at radius 1 is 1.05 bits per heavy atom. The predicted octanol–water partition coefficient (Wildman–Crippen LogP) is 5.85. The molecule has 1 atom stereocenters. The van der Waals surface area contributed by atoms with E-state index in [0.29, 0.717) is 0 Å². The maximum absolute atomic E-state index is 5.97. The molecule has 0 aliphatic rings. The fourth-order valence-electron chi connectivity index (χ4n) is 2.06. The first-order chi connectivity index (χ1) is 9.65. The lowest BCUT2D eigenvalue weighted by Crippen LogP contribution is -2.10. The maximum atomic E-state index is 5.97. The Morgan fingerprint density at radius 3 is 2.30 bits per heavy atom. The molecule has 0 saturated heterocycles. The normalized spacial score (nSPS) is 11.8. The Balaban J connectivity index is 2.20. The van der Waals surface area contributed by atoms with Gasteiger partial charge in [-0.2, -0.15) is 0 Å². The molecule has 0 aliphatic heterocycles. The van der Waals surface area contributed by atoms with Crippen LogP contribution in [0.4, 0.5) is 5.69 Å². The molecule has 0 fully saturated rings. The van der Waals surface area contributed by atoms with Crippen LogP contribution >= 0.6 is 11.6 Å². The molecule has 20 heavy (non-hydrogen) atoms. The molecule has 1 N–H and O–H groups in total. The summed E-state index contributed by atoms with van der Waals surface area (Å²) in [6.07, 6.45) is 3.22. The first-order valence-corrected chi connectivity index (χ1v) is 7.23. The topological polar surface area (TPSA) is 12.0 Å². The van der Waals surface area contributed by atoms with Gasteiger partial charge in [0, 0.05) is 10.7 Å². The molecule has 2 heteroatoms. The third-order valence-electron chi connectivity index (χ3n) is 3.15. The molecule has 0 bridgehead atoms. The molecule has 0 saturated carbocycles. The Labute approximate surface area is 126 Å². The maximum Gasteiger partial charge on any atom is 0.0548 e. The van der Waals surface area contributed by atoms with Gasteiger partial charge < -0.3 is 5.32 Å². The van der Waals surface area contributed by atoms with E-state index in [0.717, 1.165) is 17.1 Å². The molecular weight excluding hydrogens is 266 g/mol. The van der Waals surface area contributed by atoms with Crippen LogP contribution < -0.4 is 5.32 Å². The zero-order valence-electron chi connectivity index (χ0n) is 11.9. The average Bonchev–Trinajstić information content (AvgIpc) is 2.45. The number of nitrogens with one attached hydrogen (secondary N) is 1. The number of anilines is 1. The predicted molar refractivity (Wildman–Crippen MR) is 88.3 cm³/mol. The van der Waals surface area contributed by atoms with Crippen LogP contribution in [-0.2, 0) is 0 Å². The van der Waals surface area contributed by atoms with Crippen molar-refractivity contribution in [2.75, 3.05) is 5.32 Å². The van der Waals surface area contributed by atoms with E-state index in [1.807, 2.05) is 30.3 Å². The summed E-state index contributed by atoms with van der Waals surface area (Å²) >= 11 is 5.97. The Hall–Kier alpha value is -1.73. The van der Waals surface area contributed by atoms with E-state index in [9.17, 15) is 0 Å². The Morgan fingerprint density at radius 2 is 1.70 bits per heavy atom. The van der Waals surface area contributed by atoms with Gasteiger partial charge in [0.2, 0.25) is 0 Å². The van der Waals surface area contributed by atoms with Gasteiger partial charge in [0.1, 0.15) is 0 Å². The Kier molecular flexibility index (Phi) is 5.25. The molecule has 104 valence electrons. The fourth-order valence-corrected chi connectivity index (χ4v) is 2.19. The van der Waals surface area contributed by atoms with Crippen molar-refractivity contribution < 1.29 is 0 Å². The molecule has 2 aromatic rings. The number of hydrogen-bond donors (Lipinski definition) is 1. The molecule has 0 heterocycles. The van der Waals surface area contributed by atoms with Crippen LogP contribution in [0, 0.1) is 0 Å². The summed E-state index contributed by atoms with van der Waals surface area (Å²) in [7, 11) is 0. The van der Waals surface area contributed by atoms with Crippen LogP contribution in [0.15, 0.2) is 66.2 Å². The molecule has 1 unspecified atom stereocenters. The highest BCUT2D eigenvalue weighted by Gasteiger charge is 2.09. The van der Waals surface area contributed by atoms with Crippen molar-refractivity contribution >= 4 is 17.3 Å². The molecule has 1 nitrogen and oxygen atoms in total. The zero-order chi connectivity index (χ0) is 14.4. The molecule has 0 aromatic heterocycles. The van der Waals surface area contributed by atoms with Crippen molar-refractivity contribution in [2.24, 2.45) is 0 Å². The highest BCUT2D eigenvalue weighted by Crippen LogP contribution is 2.25. The van der Waals surface area contributed by atoms with Crippen LogP contribution in [0.25, 0.3) is 0 Å². The SMILES string of the molecule is CC(C)=CCC(Nc1ccccc1)c1ccc(Cl)cc1. The van der Waals surface area contributed by atoms with Gasteiger partial charge in [0.15, 0.2) is 0 Å². The van der Waals surface area contributed by atoms with Crippen LogP contribution in [-0.4, -0.2) is 0 Å². The van der Waals surface area contributed by atoms with E-state index >= 15 is 0 Å². The van der Waals surface area contributed by atoms with E-state index < -0.39 is 0 Å². The minimum absolute atomic E-state index is 0.254. The van der Waals surface area contributed by atoms with Gasteiger partial charge in [-0.25, -0.2) is 0 Å². The molecular formula is C18H20ClN. The van der Waals surface area contributed by atoms with Crippen LogP contribution in [0.5, 0.6) is 0 Å². The lowest BCUT2D eigenvalue weighted by Gasteiger charge is -2.19. The number of halogens is 1. The number of rotatable bonds is 5. The second-order valence-electron chi connectivity index (χ2n) is 5.13. The first kappa shape index (κ1) is 14.7. The van der Waals surface area contributed by atoms with Gasteiger partial charge in [-0.3, -0.25) is 0 Å². The summed E-state index contributed by atoms with van der Waals surface area (Å²) in [6, 6.07) is 18.6. The van der Waals surface area contributed by atoms with Gasteiger partial charge in [0.05, 0.1) is 6.04 Å².